The van der Waals surface area contributed by atoms with Gasteiger partial charge in [-0.1, -0.05) is 47.0 Å². The molecule has 0 aliphatic rings. The molecule has 2 aromatic rings. The normalized spacial score (nSPS) is 10.1. The van der Waals surface area contributed by atoms with Gasteiger partial charge in [0.05, 0.1) is 5.69 Å². The van der Waals surface area contributed by atoms with Crippen molar-refractivity contribution in [2.24, 2.45) is 0 Å². The molecule has 0 unspecified atom stereocenters. The van der Waals surface area contributed by atoms with Gasteiger partial charge >= 0.3 is 0 Å². The van der Waals surface area contributed by atoms with E-state index in [0.717, 1.165) is 22.1 Å². The van der Waals surface area contributed by atoms with E-state index in [1.165, 1.54) is 17.1 Å². The van der Waals surface area contributed by atoms with E-state index in [1.54, 1.807) is 0 Å². The third kappa shape index (κ3) is 2.62. The maximum Gasteiger partial charge on any atom is 0.120 e. The second kappa shape index (κ2) is 5.14. The summed E-state index contributed by atoms with van der Waals surface area (Å²) in [5, 5.41) is 7.14. The van der Waals surface area contributed by atoms with Gasteiger partial charge in [0.1, 0.15) is 9.87 Å². The quantitative estimate of drug-likeness (QED) is 0.847. The van der Waals surface area contributed by atoms with Crippen molar-refractivity contribution < 1.29 is 0 Å². The van der Waals surface area contributed by atoms with Crippen molar-refractivity contribution in [1.29, 1.82) is 0 Å². The van der Waals surface area contributed by atoms with Crippen molar-refractivity contribution >= 4 is 28.7 Å². The summed E-state index contributed by atoms with van der Waals surface area (Å²) in [6.07, 6.45) is 0. The molecule has 0 fully saturated rings. The summed E-state index contributed by atoms with van der Waals surface area (Å²) >= 11 is 6.61. The summed E-state index contributed by atoms with van der Waals surface area (Å²) in [5.74, 6) is 0. The fraction of sp³-hybridized carbons (Fsp3) is 0.182. The molecule has 0 aliphatic carbocycles. The van der Waals surface area contributed by atoms with E-state index in [-0.39, 0.29) is 0 Å². The number of aromatic nitrogens is 2. The molecule has 82 valence electrons. The van der Waals surface area contributed by atoms with Crippen molar-refractivity contribution in [3.8, 4) is 0 Å². The van der Waals surface area contributed by atoms with Crippen LogP contribution in [0.4, 0.5) is 0 Å². The topological polar surface area (TPSA) is 37.8 Å². The Morgan fingerprint density at radius 3 is 2.75 bits per heavy atom. The zero-order chi connectivity index (χ0) is 11.4. The molecular formula is C11H11N3S2. The van der Waals surface area contributed by atoms with Crippen molar-refractivity contribution in [2.75, 3.05) is 0 Å². The van der Waals surface area contributed by atoms with Crippen LogP contribution in [0.5, 0.6) is 0 Å². The zero-order valence-electron chi connectivity index (χ0n) is 8.80. The lowest BCUT2D eigenvalue weighted by Crippen LogP contribution is -2.21. The highest BCUT2D eigenvalue weighted by Crippen LogP contribution is 2.10. The largest absolute Gasteiger partial charge is 0.371 e. The summed E-state index contributed by atoms with van der Waals surface area (Å²) in [6.45, 7) is 2.65. The minimum absolute atomic E-state index is 0.719. The van der Waals surface area contributed by atoms with Gasteiger partial charge in [0.15, 0.2) is 0 Å². The minimum Gasteiger partial charge on any atom is -0.371 e. The van der Waals surface area contributed by atoms with Gasteiger partial charge in [0.25, 0.3) is 0 Å². The first-order chi connectivity index (χ1) is 7.77. The number of benzene rings is 1. The van der Waals surface area contributed by atoms with Crippen molar-refractivity contribution in [3.63, 3.8) is 0 Å². The Morgan fingerprint density at radius 2 is 2.12 bits per heavy atom. The summed E-state index contributed by atoms with van der Waals surface area (Å²) < 4.78 is 3.86. The molecule has 0 aliphatic heterocycles. The van der Waals surface area contributed by atoms with E-state index in [2.05, 4.69) is 27.0 Å². The number of hydrogen-bond donors (Lipinski definition) is 1. The lowest BCUT2D eigenvalue weighted by molar-refractivity contribution is 0.928. The van der Waals surface area contributed by atoms with Crippen LogP contribution in [0, 0.1) is 6.92 Å². The highest BCUT2D eigenvalue weighted by Gasteiger charge is 2.08. The van der Waals surface area contributed by atoms with Crippen molar-refractivity contribution in [2.45, 2.75) is 13.5 Å². The number of nitrogens with zero attached hydrogens (tertiary/aromatic N) is 2. The van der Waals surface area contributed by atoms with Gasteiger partial charge in [-0.05, 0) is 24.0 Å². The van der Waals surface area contributed by atoms with E-state index >= 15 is 0 Å². The van der Waals surface area contributed by atoms with Crippen LogP contribution < -0.4 is 5.32 Å². The Morgan fingerprint density at radius 1 is 1.38 bits per heavy atom. The Hall–Kier alpha value is -1.33. The van der Waals surface area contributed by atoms with E-state index in [9.17, 15) is 0 Å². The van der Waals surface area contributed by atoms with Crippen LogP contribution in [0.2, 0.25) is 0 Å². The Balaban J connectivity index is 1.97. The Labute approximate surface area is 104 Å². The zero-order valence-corrected chi connectivity index (χ0v) is 10.4. The first kappa shape index (κ1) is 11.2. The van der Waals surface area contributed by atoms with Gasteiger partial charge in [-0.15, -0.1) is 5.10 Å². The number of rotatable bonds is 3. The Kier molecular flexibility index (Phi) is 3.58. The molecule has 1 aromatic carbocycles. The van der Waals surface area contributed by atoms with Gasteiger partial charge in [0, 0.05) is 6.54 Å². The first-order valence-electron chi connectivity index (χ1n) is 4.88. The van der Waals surface area contributed by atoms with Crippen LogP contribution in [0.25, 0.3) is 0 Å². The average molecular weight is 249 g/mol. The van der Waals surface area contributed by atoms with Crippen molar-refractivity contribution in [1.82, 2.24) is 14.9 Å². The molecule has 0 amide bonds. The molecule has 0 bridgehead atoms. The van der Waals surface area contributed by atoms with Crippen LogP contribution in [-0.2, 0) is 6.54 Å². The Bertz CT molecular complexity index is 479. The first-order valence-corrected chi connectivity index (χ1v) is 6.06. The van der Waals surface area contributed by atoms with Crippen LogP contribution in [0.15, 0.2) is 30.3 Å². The molecule has 5 heteroatoms. The molecule has 3 nitrogen and oxygen atoms in total. The fourth-order valence-corrected chi connectivity index (χ4v) is 2.20. The second-order valence-corrected chi connectivity index (χ2v) is 4.52. The molecule has 0 saturated carbocycles. The summed E-state index contributed by atoms with van der Waals surface area (Å²) in [6, 6.07) is 10.2. The highest BCUT2D eigenvalue weighted by atomic mass is 32.1. The molecule has 16 heavy (non-hydrogen) atoms. The molecule has 1 aromatic heterocycles. The summed E-state index contributed by atoms with van der Waals surface area (Å²) in [5.41, 5.74) is 2.09. The number of nitrogens with one attached hydrogen (secondary N) is 1. The van der Waals surface area contributed by atoms with E-state index in [4.69, 9.17) is 12.2 Å². The standard InChI is InChI=1S/C11H11N3S2/c1-8-10(16-14-13-8)11(15)12-7-9-5-3-2-4-6-9/h2-6H,7H2,1H3,(H,12,15). The van der Waals surface area contributed by atoms with Crippen molar-refractivity contribution in [3.05, 3.63) is 46.5 Å². The molecule has 2 rings (SSSR count). The molecule has 1 N–H and O–H groups in total. The summed E-state index contributed by atoms with van der Waals surface area (Å²) in [7, 11) is 0. The van der Waals surface area contributed by atoms with Gasteiger partial charge < -0.3 is 5.32 Å². The van der Waals surface area contributed by atoms with E-state index in [1.807, 2.05) is 25.1 Å². The highest BCUT2D eigenvalue weighted by molar-refractivity contribution is 7.81. The fourth-order valence-electron chi connectivity index (χ4n) is 1.30. The second-order valence-electron chi connectivity index (χ2n) is 3.36. The van der Waals surface area contributed by atoms with Gasteiger partial charge in [-0.25, -0.2) is 0 Å². The third-order valence-electron chi connectivity index (χ3n) is 2.15. The van der Waals surface area contributed by atoms with E-state index in [0.29, 0.717) is 0 Å². The lowest BCUT2D eigenvalue weighted by Gasteiger charge is -2.05. The molecule has 1 heterocycles. The molecular weight excluding hydrogens is 238 g/mol. The van der Waals surface area contributed by atoms with Crippen LogP contribution >= 0.6 is 23.8 Å². The molecule has 0 radical (unpaired) electrons. The van der Waals surface area contributed by atoms with Crippen LogP contribution in [-0.4, -0.2) is 14.6 Å². The lowest BCUT2D eigenvalue weighted by atomic mass is 10.2. The third-order valence-corrected chi connectivity index (χ3v) is 3.48. The minimum atomic E-state index is 0.719. The molecule has 0 saturated heterocycles. The number of thiocarbonyl (C=S) groups is 1. The monoisotopic (exact) mass is 249 g/mol. The number of aryl methyl sites for hydroxylation is 1. The SMILES string of the molecule is Cc1nnsc1C(=S)NCc1ccccc1. The maximum absolute atomic E-state index is 5.28. The maximum atomic E-state index is 5.28. The predicted molar refractivity (Wildman–Crippen MR) is 69.6 cm³/mol. The number of hydrogen-bond acceptors (Lipinski definition) is 4. The van der Waals surface area contributed by atoms with Gasteiger partial charge in [0.2, 0.25) is 0 Å². The summed E-state index contributed by atoms with van der Waals surface area (Å²) in [4.78, 5) is 1.67. The van der Waals surface area contributed by atoms with Gasteiger partial charge in [-0.2, -0.15) is 0 Å². The molecule has 0 atom stereocenters. The average Bonchev–Trinajstić information content (AvgIpc) is 2.74. The van der Waals surface area contributed by atoms with Crippen LogP contribution in [0.1, 0.15) is 16.1 Å². The van der Waals surface area contributed by atoms with Crippen LogP contribution in [0.3, 0.4) is 0 Å². The molecule has 0 spiro atoms. The van der Waals surface area contributed by atoms with Gasteiger partial charge in [-0.3, -0.25) is 0 Å². The van der Waals surface area contributed by atoms with E-state index < -0.39 is 0 Å². The smallest absolute Gasteiger partial charge is 0.120 e. The predicted octanol–water partition coefficient (Wildman–Crippen LogP) is 2.31.